The Kier molecular flexibility index (Phi) is 2.92. The van der Waals surface area contributed by atoms with Crippen LogP contribution in [0.15, 0.2) is 42.5 Å². The summed E-state index contributed by atoms with van der Waals surface area (Å²) in [6, 6.07) is 12.2. The largest absolute Gasteiger partial charge is 0.286 e. The molecule has 0 saturated heterocycles. The third-order valence-corrected chi connectivity index (χ3v) is 4.27. The number of aromatic nitrogens is 2. The van der Waals surface area contributed by atoms with Crippen LogP contribution >= 0.6 is 11.6 Å². The summed E-state index contributed by atoms with van der Waals surface area (Å²) in [6.07, 6.45) is 0. The van der Waals surface area contributed by atoms with Crippen molar-refractivity contribution < 1.29 is 9.59 Å². The van der Waals surface area contributed by atoms with Crippen LogP contribution in [0.4, 0.5) is 5.69 Å². The molecule has 2 aromatic carbocycles. The fourth-order valence-corrected chi connectivity index (χ4v) is 2.83. The van der Waals surface area contributed by atoms with E-state index in [-0.39, 0.29) is 11.4 Å². The van der Waals surface area contributed by atoms with Crippen molar-refractivity contribution in [2.45, 2.75) is 6.92 Å². The molecule has 4 rings (SSSR count). The predicted octanol–water partition coefficient (Wildman–Crippen LogP) is 3.39. The molecule has 1 aliphatic heterocycles. The van der Waals surface area contributed by atoms with Crippen LogP contribution in [-0.4, -0.2) is 21.8 Å². The molecule has 0 unspecified atom stereocenters. The molecule has 0 saturated carbocycles. The number of amides is 2. The minimum atomic E-state index is -0.478. The molecule has 0 fully saturated rings. The Hall–Kier alpha value is -2.79. The minimum Gasteiger partial charge on any atom is -0.266 e. The average Bonchev–Trinajstić information content (AvgIpc) is 2.79. The lowest BCUT2D eigenvalue weighted by molar-refractivity contribution is 0.0923. The van der Waals surface area contributed by atoms with Gasteiger partial charge in [-0.05, 0) is 36.8 Å². The van der Waals surface area contributed by atoms with Crippen molar-refractivity contribution in [3.05, 3.63) is 64.4 Å². The molecule has 1 aliphatic rings. The van der Waals surface area contributed by atoms with Gasteiger partial charge in [0.1, 0.15) is 0 Å². The van der Waals surface area contributed by atoms with E-state index in [2.05, 4.69) is 9.97 Å². The van der Waals surface area contributed by atoms with Gasteiger partial charge in [0.15, 0.2) is 11.4 Å². The zero-order chi connectivity index (χ0) is 16.1. The SMILES string of the molecule is Cc1c(Cl)cccc1N1C(=O)c2nc3ccccc3nc2C1=O. The first-order valence-electron chi connectivity index (χ1n) is 6.98. The Morgan fingerprint density at radius 3 is 2.00 bits per heavy atom. The first-order valence-corrected chi connectivity index (χ1v) is 7.36. The van der Waals surface area contributed by atoms with Crippen LogP contribution in [0.25, 0.3) is 11.0 Å². The van der Waals surface area contributed by atoms with Gasteiger partial charge in [0.2, 0.25) is 0 Å². The van der Waals surface area contributed by atoms with Crippen molar-refractivity contribution in [2.24, 2.45) is 0 Å². The van der Waals surface area contributed by atoms with Crippen molar-refractivity contribution in [1.82, 2.24) is 9.97 Å². The van der Waals surface area contributed by atoms with Gasteiger partial charge < -0.3 is 0 Å². The van der Waals surface area contributed by atoms with Crippen molar-refractivity contribution in [2.75, 3.05) is 4.90 Å². The molecule has 0 N–H and O–H groups in total. The Bertz CT molecular complexity index is 946. The molecule has 0 spiro atoms. The monoisotopic (exact) mass is 323 g/mol. The van der Waals surface area contributed by atoms with E-state index in [1.165, 1.54) is 0 Å². The van der Waals surface area contributed by atoms with Gasteiger partial charge in [-0.25, -0.2) is 14.9 Å². The van der Waals surface area contributed by atoms with Gasteiger partial charge in [0.25, 0.3) is 11.8 Å². The molecule has 0 radical (unpaired) electrons. The van der Waals surface area contributed by atoms with Gasteiger partial charge in [0, 0.05) is 5.02 Å². The normalized spacial score (nSPS) is 13.7. The van der Waals surface area contributed by atoms with Gasteiger partial charge in [-0.15, -0.1) is 0 Å². The molecule has 3 aromatic rings. The first-order chi connectivity index (χ1) is 11.1. The number of hydrogen-bond donors (Lipinski definition) is 0. The fourth-order valence-electron chi connectivity index (χ4n) is 2.66. The zero-order valence-electron chi connectivity index (χ0n) is 12.1. The Labute approximate surface area is 136 Å². The van der Waals surface area contributed by atoms with Gasteiger partial charge in [-0.2, -0.15) is 0 Å². The van der Waals surface area contributed by atoms with E-state index in [1.807, 2.05) is 12.1 Å². The standard InChI is InChI=1S/C17H10ClN3O2/c1-9-10(18)5-4-8-13(9)21-16(22)14-15(17(21)23)20-12-7-3-2-6-11(12)19-14/h2-8H,1H3. The third-order valence-electron chi connectivity index (χ3n) is 3.86. The van der Waals surface area contributed by atoms with Crippen LogP contribution < -0.4 is 4.90 Å². The Balaban J connectivity index is 1.92. The number of fused-ring (bicyclic) bond motifs is 2. The summed E-state index contributed by atoms with van der Waals surface area (Å²) in [5.74, 6) is -0.956. The number of imide groups is 1. The molecule has 23 heavy (non-hydrogen) atoms. The van der Waals surface area contributed by atoms with Gasteiger partial charge in [0.05, 0.1) is 16.7 Å². The Morgan fingerprint density at radius 1 is 0.870 bits per heavy atom. The number of para-hydroxylation sites is 2. The van der Waals surface area contributed by atoms with Crippen LogP contribution in [-0.2, 0) is 0 Å². The maximum absolute atomic E-state index is 12.7. The number of anilines is 1. The van der Waals surface area contributed by atoms with E-state index >= 15 is 0 Å². The van der Waals surface area contributed by atoms with Crippen molar-refractivity contribution in [3.63, 3.8) is 0 Å². The van der Waals surface area contributed by atoms with Crippen LogP contribution in [0.1, 0.15) is 26.5 Å². The second-order valence-electron chi connectivity index (χ2n) is 5.24. The zero-order valence-corrected chi connectivity index (χ0v) is 12.8. The highest BCUT2D eigenvalue weighted by molar-refractivity contribution is 6.35. The fraction of sp³-hybridized carbons (Fsp3) is 0.0588. The van der Waals surface area contributed by atoms with Gasteiger partial charge in [-0.1, -0.05) is 29.8 Å². The number of benzene rings is 2. The van der Waals surface area contributed by atoms with Crippen molar-refractivity contribution >= 4 is 40.1 Å². The number of halogens is 1. The van der Waals surface area contributed by atoms with E-state index < -0.39 is 11.8 Å². The summed E-state index contributed by atoms with van der Waals surface area (Å²) in [5.41, 5.74) is 2.43. The maximum atomic E-state index is 12.7. The second-order valence-corrected chi connectivity index (χ2v) is 5.65. The van der Waals surface area contributed by atoms with E-state index in [0.717, 1.165) is 4.90 Å². The molecule has 0 bridgehead atoms. The molecule has 0 atom stereocenters. The smallest absolute Gasteiger partial charge is 0.266 e. The number of nitrogens with zero attached hydrogens (tertiary/aromatic N) is 3. The quantitative estimate of drug-likeness (QED) is 0.644. The van der Waals surface area contributed by atoms with E-state index in [9.17, 15) is 9.59 Å². The lowest BCUT2D eigenvalue weighted by Crippen LogP contribution is -2.30. The molecule has 6 heteroatoms. The summed E-state index contributed by atoms with van der Waals surface area (Å²) >= 11 is 6.10. The summed E-state index contributed by atoms with van der Waals surface area (Å²) < 4.78 is 0. The minimum absolute atomic E-state index is 0.0769. The summed E-state index contributed by atoms with van der Waals surface area (Å²) in [6.45, 7) is 1.76. The summed E-state index contributed by atoms with van der Waals surface area (Å²) in [4.78, 5) is 35.1. The molecule has 1 aromatic heterocycles. The van der Waals surface area contributed by atoms with Gasteiger partial charge in [-0.3, -0.25) is 9.59 Å². The molecule has 5 nitrogen and oxygen atoms in total. The lowest BCUT2D eigenvalue weighted by atomic mass is 10.2. The Morgan fingerprint density at radius 2 is 1.43 bits per heavy atom. The number of hydrogen-bond acceptors (Lipinski definition) is 4. The van der Waals surface area contributed by atoms with Crippen LogP contribution in [0.5, 0.6) is 0 Å². The van der Waals surface area contributed by atoms with Gasteiger partial charge >= 0.3 is 0 Å². The molecule has 0 aliphatic carbocycles. The van der Waals surface area contributed by atoms with Crippen molar-refractivity contribution in [3.8, 4) is 0 Å². The molecule has 2 amide bonds. The highest BCUT2D eigenvalue weighted by atomic mass is 35.5. The number of carbonyl (C=O) groups excluding carboxylic acids is 2. The topological polar surface area (TPSA) is 63.2 Å². The second kappa shape index (κ2) is 4.86. The van der Waals surface area contributed by atoms with E-state index in [4.69, 9.17) is 11.6 Å². The molecule has 2 heterocycles. The molecule has 112 valence electrons. The van der Waals surface area contributed by atoms with E-state index in [1.54, 1.807) is 37.3 Å². The third kappa shape index (κ3) is 1.94. The highest BCUT2D eigenvalue weighted by Gasteiger charge is 2.40. The number of rotatable bonds is 1. The molecular formula is C17H10ClN3O2. The van der Waals surface area contributed by atoms with Crippen LogP contribution in [0.2, 0.25) is 5.02 Å². The molecular weight excluding hydrogens is 314 g/mol. The summed E-state index contributed by atoms with van der Waals surface area (Å²) in [7, 11) is 0. The van der Waals surface area contributed by atoms with Crippen molar-refractivity contribution in [1.29, 1.82) is 0 Å². The first kappa shape index (κ1) is 13.8. The maximum Gasteiger partial charge on any atom is 0.286 e. The van der Waals surface area contributed by atoms with Crippen LogP contribution in [0.3, 0.4) is 0 Å². The van der Waals surface area contributed by atoms with Crippen LogP contribution in [0, 0.1) is 6.92 Å². The summed E-state index contributed by atoms with van der Waals surface area (Å²) in [5, 5.41) is 0.491. The lowest BCUT2D eigenvalue weighted by Gasteiger charge is -2.16. The highest BCUT2D eigenvalue weighted by Crippen LogP contribution is 2.32. The predicted molar refractivity (Wildman–Crippen MR) is 86.9 cm³/mol. The average molecular weight is 324 g/mol. The number of carbonyl (C=O) groups is 2. The van der Waals surface area contributed by atoms with E-state index in [0.29, 0.717) is 27.3 Å².